The maximum atomic E-state index is 5.77. The summed E-state index contributed by atoms with van der Waals surface area (Å²) < 4.78 is 0. The van der Waals surface area contributed by atoms with Gasteiger partial charge in [-0.2, -0.15) is 0 Å². The van der Waals surface area contributed by atoms with Gasteiger partial charge in [0, 0.05) is 5.70 Å². The fraction of sp³-hybridized carbons (Fsp3) is 0.143. The third-order valence-corrected chi connectivity index (χ3v) is 2.33. The summed E-state index contributed by atoms with van der Waals surface area (Å²) in [5.74, 6) is 0. The summed E-state index contributed by atoms with van der Waals surface area (Å²) >= 11 is 0. The van der Waals surface area contributed by atoms with Gasteiger partial charge in [-0.3, -0.25) is 0 Å². The highest BCUT2D eigenvalue weighted by Crippen LogP contribution is 2.20. The molecule has 78 valence electrons. The zero-order valence-electron chi connectivity index (χ0n) is 9.33. The third-order valence-electron chi connectivity index (χ3n) is 2.33. The van der Waals surface area contributed by atoms with Crippen LogP contribution in [0.1, 0.15) is 18.1 Å². The lowest BCUT2D eigenvalue weighted by atomic mass is 10.00. The minimum atomic E-state index is 0.758. The van der Waals surface area contributed by atoms with Crippen LogP contribution in [0.15, 0.2) is 54.8 Å². The van der Waals surface area contributed by atoms with Crippen molar-refractivity contribution in [2.45, 2.75) is 13.8 Å². The summed E-state index contributed by atoms with van der Waals surface area (Å²) in [7, 11) is 0. The van der Waals surface area contributed by atoms with Crippen LogP contribution >= 0.6 is 0 Å². The van der Waals surface area contributed by atoms with Gasteiger partial charge in [-0.25, -0.2) is 0 Å². The van der Waals surface area contributed by atoms with Crippen molar-refractivity contribution < 1.29 is 0 Å². The highest BCUT2D eigenvalue weighted by atomic mass is 14.5. The van der Waals surface area contributed by atoms with Gasteiger partial charge in [-0.05, 0) is 36.6 Å². The molecule has 1 nitrogen and oxygen atoms in total. The van der Waals surface area contributed by atoms with E-state index in [1.165, 1.54) is 11.1 Å². The second-order valence-corrected chi connectivity index (χ2v) is 3.41. The average Bonchev–Trinajstić information content (AvgIpc) is 2.26. The van der Waals surface area contributed by atoms with Gasteiger partial charge in [-0.15, -0.1) is 0 Å². The number of hydrogen-bond donors (Lipinski definition) is 1. The van der Waals surface area contributed by atoms with Crippen molar-refractivity contribution in [3.8, 4) is 0 Å². The van der Waals surface area contributed by atoms with Gasteiger partial charge in [-0.1, -0.05) is 43.0 Å². The lowest BCUT2D eigenvalue weighted by Crippen LogP contribution is -1.94. The SMILES string of the molecule is C=C/C(=C\C(N)=C/C)c1ccccc1C. The molecule has 0 aliphatic heterocycles. The standard InChI is InChI=1S/C14H17N/c1-4-12(10-13(15)5-2)14-9-7-6-8-11(14)3/h4-10H,1,15H2,2-3H3/b12-10+,13-5+. The lowest BCUT2D eigenvalue weighted by molar-refractivity contribution is 1.38. The van der Waals surface area contributed by atoms with Gasteiger partial charge in [0.25, 0.3) is 0 Å². The van der Waals surface area contributed by atoms with Crippen LogP contribution in [0, 0.1) is 6.92 Å². The minimum Gasteiger partial charge on any atom is -0.399 e. The Balaban J connectivity index is 3.20. The van der Waals surface area contributed by atoms with E-state index >= 15 is 0 Å². The van der Waals surface area contributed by atoms with Crippen LogP contribution in [0.5, 0.6) is 0 Å². The molecule has 0 aromatic heterocycles. The van der Waals surface area contributed by atoms with Crippen molar-refractivity contribution >= 4 is 5.57 Å². The zero-order chi connectivity index (χ0) is 11.3. The fourth-order valence-electron chi connectivity index (χ4n) is 1.41. The molecule has 0 unspecified atom stereocenters. The van der Waals surface area contributed by atoms with Gasteiger partial charge < -0.3 is 5.73 Å². The Kier molecular flexibility index (Phi) is 3.92. The zero-order valence-corrected chi connectivity index (χ0v) is 9.33. The molecule has 1 heteroatoms. The molecular formula is C14H17N. The molecule has 1 aromatic rings. The van der Waals surface area contributed by atoms with E-state index in [1.54, 1.807) is 0 Å². The predicted octanol–water partition coefficient (Wildman–Crippen LogP) is 3.43. The topological polar surface area (TPSA) is 26.0 Å². The van der Waals surface area contributed by atoms with Crippen LogP contribution < -0.4 is 5.73 Å². The number of hydrogen-bond acceptors (Lipinski definition) is 1. The second-order valence-electron chi connectivity index (χ2n) is 3.41. The highest BCUT2D eigenvalue weighted by Gasteiger charge is 2.00. The summed E-state index contributed by atoms with van der Waals surface area (Å²) in [6.07, 6.45) is 5.65. The maximum Gasteiger partial charge on any atom is 0.0276 e. The molecule has 0 aliphatic rings. The number of nitrogens with two attached hydrogens (primary N) is 1. The van der Waals surface area contributed by atoms with Crippen LogP contribution in [-0.4, -0.2) is 0 Å². The number of aryl methyl sites for hydroxylation is 1. The van der Waals surface area contributed by atoms with Crippen molar-refractivity contribution in [2.24, 2.45) is 5.73 Å². The molecule has 0 atom stereocenters. The highest BCUT2D eigenvalue weighted by molar-refractivity contribution is 5.77. The Bertz CT molecular complexity index is 411. The first-order chi connectivity index (χ1) is 7.19. The molecule has 1 aromatic carbocycles. The summed E-state index contributed by atoms with van der Waals surface area (Å²) in [5.41, 5.74) is 10.00. The fourth-order valence-corrected chi connectivity index (χ4v) is 1.41. The molecule has 0 radical (unpaired) electrons. The summed E-state index contributed by atoms with van der Waals surface area (Å²) in [6.45, 7) is 7.82. The Morgan fingerprint density at radius 3 is 2.53 bits per heavy atom. The van der Waals surface area contributed by atoms with Gasteiger partial charge >= 0.3 is 0 Å². The molecule has 0 heterocycles. The number of rotatable bonds is 3. The van der Waals surface area contributed by atoms with Crippen LogP contribution in [0.4, 0.5) is 0 Å². The van der Waals surface area contributed by atoms with E-state index in [1.807, 2.05) is 37.3 Å². The third kappa shape index (κ3) is 2.84. The summed E-state index contributed by atoms with van der Waals surface area (Å²) in [5, 5.41) is 0. The molecule has 0 bridgehead atoms. The van der Waals surface area contributed by atoms with E-state index in [-0.39, 0.29) is 0 Å². The Labute approximate surface area is 91.6 Å². The number of allylic oxidation sites excluding steroid dienone is 4. The van der Waals surface area contributed by atoms with Crippen LogP contribution in [0.3, 0.4) is 0 Å². The Morgan fingerprint density at radius 1 is 1.33 bits per heavy atom. The lowest BCUT2D eigenvalue weighted by Gasteiger charge is -2.06. The van der Waals surface area contributed by atoms with Crippen LogP contribution in [0.25, 0.3) is 5.57 Å². The van der Waals surface area contributed by atoms with E-state index in [0.29, 0.717) is 0 Å². The van der Waals surface area contributed by atoms with E-state index in [4.69, 9.17) is 5.73 Å². The molecule has 15 heavy (non-hydrogen) atoms. The monoisotopic (exact) mass is 199 g/mol. The van der Waals surface area contributed by atoms with Gasteiger partial charge in [0.2, 0.25) is 0 Å². The van der Waals surface area contributed by atoms with E-state index in [2.05, 4.69) is 25.6 Å². The van der Waals surface area contributed by atoms with Crippen molar-refractivity contribution in [1.29, 1.82) is 0 Å². The van der Waals surface area contributed by atoms with Gasteiger partial charge in [0.05, 0.1) is 0 Å². The first-order valence-electron chi connectivity index (χ1n) is 5.01. The molecule has 0 aliphatic carbocycles. The Hall–Kier alpha value is -1.76. The largest absolute Gasteiger partial charge is 0.399 e. The van der Waals surface area contributed by atoms with Gasteiger partial charge in [0.1, 0.15) is 0 Å². The van der Waals surface area contributed by atoms with Crippen LogP contribution in [-0.2, 0) is 0 Å². The van der Waals surface area contributed by atoms with Gasteiger partial charge in [0.15, 0.2) is 0 Å². The van der Waals surface area contributed by atoms with E-state index < -0.39 is 0 Å². The normalized spacial score (nSPS) is 12.7. The van der Waals surface area contributed by atoms with E-state index in [9.17, 15) is 0 Å². The smallest absolute Gasteiger partial charge is 0.0276 e. The number of benzene rings is 1. The van der Waals surface area contributed by atoms with Crippen molar-refractivity contribution in [1.82, 2.24) is 0 Å². The average molecular weight is 199 g/mol. The molecule has 0 saturated heterocycles. The Morgan fingerprint density at radius 2 is 2.00 bits per heavy atom. The second kappa shape index (κ2) is 5.20. The molecule has 2 N–H and O–H groups in total. The predicted molar refractivity (Wildman–Crippen MR) is 67.3 cm³/mol. The molecule has 0 amide bonds. The summed E-state index contributed by atoms with van der Waals surface area (Å²) in [6, 6.07) is 8.20. The first kappa shape index (κ1) is 11.3. The molecule has 0 fully saturated rings. The molecular weight excluding hydrogens is 182 g/mol. The van der Waals surface area contributed by atoms with Crippen molar-refractivity contribution in [2.75, 3.05) is 0 Å². The molecule has 1 rings (SSSR count). The molecule has 0 saturated carbocycles. The van der Waals surface area contributed by atoms with E-state index in [0.717, 1.165) is 11.3 Å². The van der Waals surface area contributed by atoms with Crippen molar-refractivity contribution in [3.63, 3.8) is 0 Å². The maximum absolute atomic E-state index is 5.77. The van der Waals surface area contributed by atoms with Crippen molar-refractivity contribution in [3.05, 3.63) is 65.9 Å². The van der Waals surface area contributed by atoms with Crippen LogP contribution in [0.2, 0.25) is 0 Å². The molecule has 0 spiro atoms. The minimum absolute atomic E-state index is 0.758. The summed E-state index contributed by atoms with van der Waals surface area (Å²) in [4.78, 5) is 0. The first-order valence-corrected chi connectivity index (χ1v) is 5.01. The quantitative estimate of drug-likeness (QED) is 0.741.